The van der Waals surface area contributed by atoms with Crippen LogP contribution in [0.15, 0.2) is 47.9 Å². The molecular formula is C20H18FN5O. The molecule has 0 bridgehead atoms. The molecule has 3 N–H and O–H groups in total. The second-order valence-corrected chi connectivity index (χ2v) is 6.61. The average Bonchev–Trinajstić information content (AvgIpc) is 2.67. The molecule has 0 fully saturated rings. The molecule has 1 atom stereocenters. The fraction of sp³-hybridized carbons (Fsp3) is 0.200. The number of aryl methyl sites for hydroxylation is 1. The van der Waals surface area contributed by atoms with E-state index < -0.39 is 0 Å². The molecule has 1 aliphatic rings. The lowest BCUT2D eigenvalue weighted by atomic mass is 9.78. The number of nitrogens with two attached hydrogens (primary N) is 1. The molecule has 0 saturated heterocycles. The SMILES string of the molecule is Cc1nc(N)nc2c1/C(=N/O)CC(c1ccc(F)cc1-c1cccnc1)C2. The van der Waals surface area contributed by atoms with Gasteiger partial charge in [0, 0.05) is 29.9 Å². The fourth-order valence-electron chi connectivity index (χ4n) is 3.79. The van der Waals surface area contributed by atoms with Crippen LogP contribution in [-0.2, 0) is 6.42 Å². The zero-order valence-electron chi connectivity index (χ0n) is 14.7. The molecule has 0 spiro atoms. The largest absolute Gasteiger partial charge is 0.411 e. The highest BCUT2D eigenvalue weighted by Gasteiger charge is 2.30. The highest BCUT2D eigenvalue weighted by atomic mass is 19.1. The molecule has 0 radical (unpaired) electrons. The molecule has 27 heavy (non-hydrogen) atoms. The van der Waals surface area contributed by atoms with Gasteiger partial charge >= 0.3 is 0 Å². The molecule has 1 aromatic carbocycles. The highest BCUT2D eigenvalue weighted by Crippen LogP contribution is 2.38. The van der Waals surface area contributed by atoms with Crippen molar-refractivity contribution in [3.05, 3.63) is 71.1 Å². The number of hydrogen-bond acceptors (Lipinski definition) is 6. The minimum atomic E-state index is -0.313. The average molecular weight is 363 g/mol. The summed E-state index contributed by atoms with van der Waals surface area (Å²) in [4.78, 5) is 12.7. The maximum Gasteiger partial charge on any atom is 0.220 e. The Kier molecular flexibility index (Phi) is 4.27. The Morgan fingerprint density at radius 3 is 2.81 bits per heavy atom. The van der Waals surface area contributed by atoms with Gasteiger partial charge in [0.15, 0.2) is 0 Å². The van der Waals surface area contributed by atoms with Gasteiger partial charge in [-0.15, -0.1) is 0 Å². The number of anilines is 1. The number of oxime groups is 1. The van der Waals surface area contributed by atoms with E-state index in [9.17, 15) is 9.60 Å². The maximum absolute atomic E-state index is 14.0. The number of nitrogen functional groups attached to an aromatic ring is 1. The van der Waals surface area contributed by atoms with E-state index in [1.807, 2.05) is 19.1 Å². The van der Waals surface area contributed by atoms with Crippen LogP contribution in [0.25, 0.3) is 11.1 Å². The number of nitrogens with zero attached hydrogens (tertiary/aromatic N) is 4. The Hall–Kier alpha value is -3.35. The van der Waals surface area contributed by atoms with Crippen LogP contribution in [-0.4, -0.2) is 25.9 Å². The van der Waals surface area contributed by atoms with Crippen LogP contribution in [0.3, 0.4) is 0 Å². The normalized spacial score (nSPS) is 17.7. The summed E-state index contributed by atoms with van der Waals surface area (Å²) in [6.07, 6.45) is 4.48. The van der Waals surface area contributed by atoms with E-state index in [1.54, 1.807) is 18.5 Å². The maximum atomic E-state index is 14.0. The summed E-state index contributed by atoms with van der Waals surface area (Å²) in [5.41, 5.74) is 11.1. The minimum Gasteiger partial charge on any atom is -0.411 e. The Balaban J connectivity index is 1.84. The first-order valence-electron chi connectivity index (χ1n) is 8.61. The van der Waals surface area contributed by atoms with Crippen LogP contribution in [0.4, 0.5) is 10.3 Å². The zero-order chi connectivity index (χ0) is 19.0. The van der Waals surface area contributed by atoms with Crippen molar-refractivity contribution in [1.29, 1.82) is 0 Å². The van der Waals surface area contributed by atoms with E-state index in [0.29, 0.717) is 24.2 Å². The highest BCUT2D eigenvalue weighted by molar-refractivity contribution is 6.03. The Bertz CT molecular complexity index is 1040. The molecule has 0 aliphatic heterocycles. The van der Waals surface area contributed by atoms with Crippen molar-refractivity contribution < 1.29 is 9.60 Å². The number of fused-ring (bicyclic) bond motifs is 1. The summed E-state index contributed by atoms with van der Waals surface area (Å²) in [7, 11) is 0. The Morgan fingerprint density at radius 2 is 2.07 bits per heavy atom. The quantitative estimate of drug-likeness (QED) is 0.537. The molecule has 0 saturated carbocycles. The van der Waals surface area contributed by atoms with E-state index in [4.69, 9.17) is 5.73 Å². The topological polar surface area (TPSA) is 97.3 Å². The molecule has 1 aliphatic carbocycles. The van der Waals surface area contributed by atoms with Crippen molar-refractivity contribution in [2.24, 2.45) is 5.16 Å². The molecule has 4 rings (SSSR count). The van der Waals surface area contributed by atoms with E-state index >= 15 is 0 Å². The van der Waals surface area contributed by atoms with Crippen molar-refractivity contribution in [3.8, 4) is 11.1 Å². The number of rotatable bonds is 2. The summed E-state index contributed by atoms with van der Waals surface area (Å²) in [5.74, 6) is -0.157. The summed E-state index contributed by atoms with van der Waals surface area (Å²) in [6, 6.07) is 8.45. The van der Waals surface area contributed by atoms with Crippen LogP contribution < -0.4 is 5.73 Å². The molecule has 6 nitrogen and oxygen atoms in total. The minimum absolute atomic E-state index is 0.0343. The predicted octanol–water partition coefficient (Wildman–Crippen LogP) is 3.48. The van der Waals surface area contributed by atoms with Crippen LogP contribution in [0.2, 0.25) is 0 Å². The van der Waals surface area contributed by atoms with Crippen molar-refractivity contribution in [3.63, 3.8) is 0 Å². The van der Waals surface area contributed by atoms with Gasteiger partial charge in [-0.1, -0.05) is 17.3 Å². The van der Waals surface area contributed by atoms with Gasteiger partial charge in [0.25, 0.3) is 0 Å². The Labute approximate surface area is 155 Å². The van der Waals surface area contributed by atoms with E-state index in [0.717, 1.165) is 27.9 Å². The number of aromatic nitrogens is 3. The first-order valence-corrected chi connectivity index (χ1v) is 8.61. The fourth-order valence-corrected chi connectivity index (χ4v) is 3.79. The van der Waals surface area contributed by atoms with E-state index in [2.05, 4.69) is 20.1 Å². The summed E-state index contributed by atoms with van der Waals surface area (Å²) >= 11 is 0. The van der Waals surface area contributed by atoms with Gasteiger partial charge in [-0.25, -0.2) is 14.4 Å². The lowest BCUT2D eigenvalue weighted by Crippen LogP contribution is -2.24. The van der Waals surface area contributed by atoms with Gasteiger partial charge in [-0.05, 0) is 48.6 Å². The third kappa shape index (κ3) is 3.12. The predicted molar refractivity (Wildman–Crippen MR) is 100 cm³/mol. The van der Waals surface area contributed by atoms with E-state index in [-0.39, 0.29) is 17.7 Å². The molecule has 0 amide bonds. The molecular weight excluding hydrogens is 345 g/mol. The molecule has 136 valence electrons. The molecule has 1 unspecified atom stereocenters. The second kappa shape index (κ2) is 6.75. The van der Waals surface area contributed by atoms with E-state index in [1.165, 1.54) is 12.1 Å². The molecule has 3 aromatic rings. The van der Waals surface area contributed by atoms with Crippen molar-refractivity contribution >= 4 is 11.7 Å². The standard InChI is InChI=1S/C20H18FN5O/c1-11-19-17(25-20(22)24-11)7-13(8-18(19)26-27)15-5-4-14(21)9-16(15)12-3-2-6-23-10-12/h2-6,9-10,13,27H,7-8H2,1H3,(H2,22,24,25)/b26-18+. The number of hydrogen-bond donors (Lipinski definition) is 2. The third-order valence-electron chi connectivity index (χ3n) is 4.90. The van der Waals surface area contributed by atoms with Gasteiger partial charge in [-0.3, -0.25) is 4.98 Å². The number of pyridine rings is 1. The second-order valence-electron chi connectivity index (χ2n) is 6.61. The van der Waals surface area contributed by atoms with Crippen LogP contribution in [0, 0.1) is 12.7 Å². The van der Waals surface area contributed by atoms with Crippen molar-refractivity contribution in [2.75, 3.05) is 5.73 Å². The number of halogens is 1. The lowest BCUT2D eigenvalue weighted by molar-refractivity contribution is 0.316. The van der Waals surface area contributed by atoms with Gasteiger partial charge in [0.1, 0.15) is 5.82 Å². The lowest BCUT2D eigenvalue weighted by Gasteiger charge is -2.27. The molecule has 7 heteroatoms. The Morgan fingerprint density at radius 1 is 1.22 bits per heavy atom. The first-order chi connectivity index (χ1) is 13.1. The number of benzene rings is 1. The summed E-state index contributed by atoms with van der Waals surface area (Å²) in [5, 5.41) is 13.0. The zero-order valence-corrected chi connectivity index (χ0v) is 14.7. The van der Waals surface area contributed by atoms with Crippen LogP contribution in [0.1, 0.15) is 34.9 Å². The van der Waals surface area contributed by atoms with Gasteiger partial charge < -0.3 is 10.9 Å². The monoisotopic (exact) mass is 363 g/mol. The molecule has 2 heterocycles. The van der Waals surface area contributed by atoms with Crippen LogP contribution >= 0.6 is 0 Å². The van der Waals surface area contributed by atoms with Gasteiger partial charge in [0.05, 0.1) is 17.1 Å². The third-order valence-corrected chi connectivity index (χ3v) is 4.90. The summed E-state index contributed by atoms with van der Waals surface area (Å²) in [6.45, 7) is 1.82. The summed E-state index contributed by atoms with van der Waals surface area (Å²) < 4.78 is 14.0. The van der Waals surface area contributed by atoms with Gasteiger partial charge in [0.2, 0.25) is 5.95 Å². The smallest absolute Gasteiger partial charge is 0.220 e. The van der Waals surface area contributed by atoms with Crippen LogP contribution in [0.5, 0.6) is 0 Å². The van der Waals surface area contributed by atoms with Crippen molar-refractivity contribution in [1.82, 2.24) is 15.0 Å². The molecule has 2 aromatic heterocycles. The van der Waals surface area contributed by atoms with Gasteiger partial charge in [-0.2, -0.15) is 0 Å². The van der Waals surface area contributed by atoms with Crippen molar-refractivity contribution in [2.45, 2.75) is 25.7 Å². The first kappa shape index (κ1) is 17.1.